The molecule has 48 heavy (non-hydrogen) atoms. The number of aromatic nitrogens is 3. The van der Waals surface area contributed by atoms with Gasteiger partial charge in [0.2, 0.25) is 0 Å². The monoisotopic (exact) mass is 782 g/mol. The molecular formula is C36H48Br2N8O2. The Hall–Kier alpha value is -3.42. The summed E-state index contributed by atoms with van der Waals surface area (Å²) in [6, 6.07) is 20.3. The third-order valence-electron chi connectivity index (χ3n) is 7.63. The van der Waals surface area contributed by atoms with E-state index in [-0.39, 0.29) is 0 Å². The predicted molar refractivity (Wildman–Crippen MR) is 202 cm³/mol. The molecule has 4 aromatic rings. The number of nitrogens with two attached hydrogens (primary N) is 2. The van der Waals surface area contributed by atoms with Crippen LogP contribution < -0.4 is 21.1 Å². The van der Waals surface area contributed by atoms with Crippen molar-refractivity contribution in [3.05, 3.63) is 98.7 Å². The number of aryl methyl sites for hydroxylation is 2. The van der Waals surface area contributed by atoms with E-state index in [4.69, 9.17) is 21.1 Å². The third kappa shape index (κ3) is 12.2. The van der Waals surface area contributed by atoms with Crippen LogP contribution in [0.3, 0.4) is 0 Å². The van der Waals surface area contributed by atoms with Gasteiger partial charge in [0.1, 0.15) is 17.2 Å². The number of ether oxygens (including phenoxy) is 2. The molecule has 0 saturated carbocycles. The van der Waals surface area contributed by atoms with Crippen LogP contribution in [-0.2, 0) is 19.4 Å². The highest BCUT2D eigenvalue weighted by Gasteiger charge is 2.09. The molecule has 1 heterocycles. The van der Waals surface area contributed by atoms with E-state index in [1.165, 1.54) is 5.56 Å². The van der Waals surface area contributed by atoms with Gasteiger partial charge in [0, 0.05) is 37.9 Å². The molecule has 0 unspecified atom stereocenters. The number of hydrazine groups is 1. The van der Waals surface area contributed by atoms with Crippen LogP contribution in [-0.4, -0.2) is 90.8 Å². The largest absolute Gasteiger partial charge is 0.492 e. The predicted octanol–water partition coefficient (Wildman–Crippen LogP) is 6.05. The zero-order chi connectivity index (χ0) is 34.5. The van der Waals surface area contributed by atoms with Crippen LogP contribution in [0.4, 0.5) is 0 Å². The van der Waals surface area contributed by atoms with Crippen LogP contribution >= 0.6 is 31.9 Å². The van der Waals surface area contributed by atoms with Gasteiger partial charge >= 0.3 is 0 Å². The molecule has 0 spiro atoms. The van der Waals surface area contributed by atoms with Crippen molar-refractivity contribution in [3.8, 4) is 22.8 Å². The lowest BCUT2D eigenvalue weighted by Gasteiger charge is -2.16. The molecule has 0 saturated heterocycles. The first-order valence-electron chi connectivity index (χ1n) is 16.2. The quantitative estimate of drug-likeness (QED) is 0.0668. The van der Waals surface area contributed by atoms with E-state index in [0.717, 1.165) is 81.6 Å². The van der Waals surface area contributed by atoms with Crippen LogP contribution in [0.15, 0.2) is 82.0 Å². The van der Waals surface area contributed by atoms with Gasteiger partial charge in [-0.2, -0.15) is 0 Å². The van der Waals surface area contributed by atoms with E-state index in [9.17, 15) is 0 Å². The van der Waals surface area contributed by atoms with Gasteiger partial charge in [-0.05, 0) is 133 Å². The molecule has 3 aromatic carbocycles. The Labute approximate surface area is 301 Å². The summed E-state index contributed by atoms with van der Waals surface area (Å²) < 4.78 is 15.6. The lowest BCUT2D eigenvalue weighted by molar-refractivity contribution is 0.280. The number of hydrogen-bond acceptors (Lipinski definition) is 9. The maximum absolute atomic E-state index is 6.47. The summed E-state index contributed by atoms with van der Waals surface area (Å²) in [6.45, 7) is 4.67. The molecule has 0 amide bonds. The topological polar surface area (TPSA) is 111 Å². The van der Waals surface area contributed by atoms with E-state index in [1.807, 2.05) is 47.3 Å². The summed E-state index contributed by atoms with van der Waals surface area (Å²) in [4.78, 5) is 4.31. The minimum atomic E-state index is 0.574. The van der Waals surface area contributed by atoms with Crippen molar-refractivity contribution in [2.45, 2.75) is 32.2 Å². The molecule has 4 rings (SSSR count). The Kier molecular flexibility index (Phi) is 14.8. The van der Waals surface area contributed by atoms with Crippen LogP contribution in [0.1, 0.15) is 29.5 Å². The van der Waals surface area contributed by atoms with E-state index < -0.39 is 0 Å². The smallest absolute Gasteiger partial charge is 0.133 e. The second-order valence-corrected chi connectivity index (χ2v) is 14.0. The maximum Gasteiger partial charge on any atom is 0.133 e. The summed E-state index contributed by atoms with van der Waals surface area (Å²) in [6.07, 6.45) is 7.26. The SMILES string of the molecule is CN(C)CCCOc1ccc(CCN(N)/C=C(\N)c2cccc(-c3cn(CCc4ccc(OCCCN(C)C)c(Br)c4)nn3)c2)cc1Br. The summed E-state index contributed by atoms with van der Waals surface area (Å²) in [7, 11) is 8.26. The summed E-state index contributed by atoms with van der Waals surface area (Å²) in [5.41, 5.74) is 12.0. The Bertz CT molecular complexity index is 1630. The van der Waals surface area contributed by atoms with Crippen molar-refractivity contribution in [1.29, 1.82) is 0 Å². The van der Waals surface area contributed by atoms with Crippen molar-refractivity contribution in [2.75, 3.05) is 61.0 Å². The number of nitrogens with zero attached hydrogens (tertiary/aromatic N) is 6. The van der Waals surface area contributed by atoms with E-state index in [0.29, 0.717) is 32.0 Å². The molecule has 12 heteroatoms. The average molecular weight is 785 g/mol. The van der Waals surface area contributed by atoms with Crippen molar-refractivity contribution >= 4 is 37.6 Å². The Balaban J connectivity index is 1.27. The highest BCUT2D eigenvalue weighted by Crippen LogP contribution is 2.28. The van der Waals surface area contributed by atoms with Crippen molar-refractivity contribution < 1.29 is 9.47 Å². The van der Waals surface area contributed by atoms with Crippen LogP contribution in [0.5, 0.6) is 11.5 Å². The molecule has 0 bridgehead atoms. The molecule has 4 N–H and O–H groups in total. The highest BCUT2D eigenvalue weighted by atomic mass is 79.9. The fourth-order valence-electron chi connectivity index (χ4n) is 4.98. The molecule has 0 aliphatic carbocycles. The van der Waals surface area contributed by atoms with Gasteiger partial charge in [-0.25, -0.2) is 5.84 Å². The van der Waals surface area contributed by atoms with Gasteiger partial charge in [0.15, 0.2) is 0 Å². The van der Waals surface area contributed by atoms with Crippen LogP contribution in [0, 0.1) is 0 Å². The first-order chi connectivity index (χ1) is 23.1. The minimum Gasteiger partial charge on any atom is -0.492 e. The van der Waals surface area contributed by atoms with Crippen molar-refractivity contribution in [3.63, 3.8) is 0 Å². The lowest BCUT2D eigenvalue weighted by atomic mass is 10.1. The standard InChI is InChI=1S/C36H48Br2N8O2/c1-43(2)16-6-20-47-35-12-10-27(22-31(35)37)14-18-45(40)25-33(39)29-8-5-9-30(24-29)34-26-46(42-41-34)19-15-28-11-13-36(32(38)23-28)48-21-7-17-44(3)4/h5,8-13,22-26H,6-7,14-21,39-40H2,1-4H3/b33-25-. The summed E-state index contributed by atoms with van der Waals surface area (Å²) in [5.74, 6) is 8.03. The molecule has 0 atom stereocenters. The average Bonchev–Trinajstić information content (AvgIpc) is 3.54. The van der Waals surface area contributed by atoms with E-state index >= 15 is 0 Å². The molecule has 0 aliphatic rings. The normalized spacial score (nSPS) is 11.8. The van der Waals surface area contributed by atoms with E-state index in [2.05, 4.69) is 104 Å². The van der Waals surface area contributed by atoms with E-state index in [1.54, 1.807) is 11.2 Å². The van der Waals surface area contributed by atoms with Gasteiger partial charge in [-0.3, -0.25) is 4.68 Å². The number of halogens is 2. The molecule has 258 valence electrons. The maximum atomic E-state index is 6.47. The number of benzene rings is 3. The molecule has 10 nitrogen and oxygen atoms in total. The summed E-state index contributed by atoms with van der Waals surface area (Å²) in [5, 5.41) is 10.4. The Morgan fingerprint density at radius 3 is 2.00 bits per heavy atom. The highest BCUT2D eigenvalue weighted by molar-refractivity contribution is 9.10. The molecule has 0 fully saturated rings. The zero-order valence-corrected chi connectivity index (χ0v) is 31.6. The summed E-state index contributed by atoms with van der Waals surface area (Å²) >= 11 is 7.29. The second kappa shape index (κ2) is 18.9. The lowest BCUT2D eigenvalue weighted by Crippen LogP contribution is -2.28. The fraction of sp³-hybridized carbons (Fsp3) is 0.389. The van der Waals surface area contributed by atoms with Crippen molar-refractivity contribution in [1.82, 2.24) is 29.8 Å². The van der Waals surface area contributed by atoms with Gasteiger partial charge in [-0.15, -0.1) is 5.10 Å². The van der Waals surface area contributed by atoms with Gasteiger partial charge in [0.25, 0.3) is 0 Å². The minimum absolute atomic E-state index is 0.574. The number of hydrogen-bond donors (Lipinski definition) is 2. The van der Waals surface area contributed by atoms with Crippen LogP contribution in [0.2, 0.25) is 0 Å². The molecule has 1 aromatic heterocycles. The Morgan fingerprint density at radius 1 is 0.812 bits per heavy atom. The zero-order valence-electron chi connectivity index (χ0n) is 28.4. The van der Waals surface area contributed by atoms with Gasteiger partial charge in [-0.1, -0.05) is 35.5 Å². The first-order valence-corrected chi connectivity index (χ1v) is 17.8. The Morgan fingerprint density at radius 2 is 1.42 bits per heavy atom. The molecular weight excluding hydrogens is 736 g/mol. The van der Waals surface area contributed by atoms with Gasteiger partial charge in [0.05, 0.1) is 34.1 Å². The third-order valence-corrected chi connectivity index (χ3v) is 8.87. The number of rotatable bonds is 19. The molecule has 0 radical (unpaired) electrons. The molecule has 0 aliphatic heterocycles. The van der Waals surface area contributed by atoms with Crippen LogP contribution in [0.25, 0.3) is 17.0 Å². The van der Waals surface area contributed by atoms with Gasteiger partial charge < -0.3 is 30.0 Å². The second-order valence-electron chi connectivity index (χ2n) is 12.3. The van der Waals surface area contributed by atoms with Crippen molar-refractivity contribution in [2.24, 2.45) is 11.6 Å². The first kappa shape index (κ1) is 37.4. The fourth-order valence-corrected chi connectivity index (χ4v) is 6.06.